The van der Waals surface area contributed by atoms with Gasteiger partial charge in [0.1, 0.15) is 0 Å². The van der Waals surface area contributed by atoms with E-state index < -0.39 is 0 Å². The van der Waals surface area contributed by atoms with Crippen LogP contribution in [0.2, 0.25) is 0 Å². The SMILES string of the molecule is CCCC(CC1CCNCC1)NC. The highest BCUT2D eigenvalue weighted by Crippen LogP contribution is 2.19. The summed E-state index contributed by atoms with van der Waals surface area (Å²) in [6, 6.07) is 0.757. The van der Waals surface area contributed by atoms with Gasteiger partial charge in [0.05, 0.1) is 0 Å². The van der Waals surface area contributed by atoms with Gasteiger partial charge < -0.3 is 10.6 Å². The van der Waals surface area contributed by atoms with Crippen LogP contribution in [0.1, 0.15) is 39.0 Å². The summed E-state index contributed by atoms with van der Waals surface area (Å²) in [5.41, 5.74) is 0. The molecule has 0 amide bonds. The molecule has 13 heavy (non-hydrogen) atoms. The molecule has 1 atom stereocenters. The summed E-state index contributed by atoms with van der Waals surface area (Å²) in [5.74, 6) is 0.963. The highest BCUT2D eigenvalue weighted by Gasteiger charge is 2.16. The van der Waals surface area contributed by atoms with Gasteiger partial charge in [0.25, 0.3) is 0 Å². The summed E-state index contributed by atoms with van der Waals surface area (Å²) in [6.45, 7) is 4.73. The van der Waals surface area contributed by atoms with Crippen LogP contribution in [0.15, 0.2) is 0 Å². The molecule has 1 rings (SSSR count). The Bertz CT molecular complexity index is 117. The van der Waals surface area contributed by atoms with Crippen molar-refractivity contribution in [3.05, 3.63) is 0 Å². The molecule has 2 N–H and O–H groups in total. The van der Waals surface area contributed by atoms with E-state index in [9.17, 15) is 0 Å². The second kappa shape index (κ2) is 6.39. The summed E-state index contributed by atoms with van der Waals surface area (Å²) in [5, 5.41) is 6.85. The average Bonchev–Trinajstić information content (AvgIpc) is 2.19. The Labute approximate surface area is 82.5 Å². The predicted molar refractivity (Wildman–Crippen MR) is 58.0 cm³/mol. The van der Waals surface area contributed by atoms with Gasteiger partial charge in [-0.3, -0.25) is 0 Å². The van der Waals surface area contributed by atoms with Crippen molar-refractivity contribution in [2.75, 3.05) is 20.1 Å². The van der Waals surface area contributed by atoms with Crippen molar-refractivity contribution in [1.29, 1.82) is 0 Å². The quantitative estimate of drug-likeness (QED) is 0.680. The first-order chi connectivity index (χ1) is 6.36. The zero-order chi connectivity index (χ0) is 9.52. The monoisotopic (exact) mass is 184 g/mol. The first-order valence-electron chi connectivity index (χ1n) is 5.74. The van der Waals surface area contributed by atoms with Crippen molar-refractivity contribution in [2.24, 2.45) is 5.92 Å². The molecule has 0 saturated carbocycles. The molecule has 1 heterocycles. The van der Waals surface area contributed by atoms with Gasteiger partial charge in [-0.1, -0.05) is 13.3 Å². The lowest BCUT2D eigenvalue weighted by atomic mass is 9.89. The summed E-state index contributed by atoms with van der Waals surface area (Å²) in [7, 11) is 2.10. The first-order valence-corrected chi connectivity index (χ1v) is 5.74. The van der Waals surface area contributed by atoms with Crippen LogP contribution >= 0.6 is 0 Å². The van der Waals surface area contributed by atoms with E-state index in [1.54, 1.807) is 0 Å². The van der Waals surface area contributed by atoms with Crippen LogP contribution in [-0.4, -0.2) is 26.2 Å². The second-order valence-electron chi connectivity index (χ2n) is 4.20. The fourth-order valence-corrected chi connectivity index (χ4v) is 2.25. The van der Waals surface area contributed by atoms with Gasteiger partial charge in [-0.25, -0.2) is 0 Å². The average molecular weight is 184 g/mol. The molecule has 1 saturated heterocycles. The van der Waals surface area contributed by atoms with Gasteiger partial charge >= 0.3 is 0 Å². The Kier molecular flexibility index (Phi) is 5.40. The largest absolute Gasteiger partial charge is 0.317 e. The van der Waals surface area contributed by atoms with E-state index in [2.05, 4.69) is 24.6 Å². The minimum Gasteiger partial charge on any atom is -0.317 e. The highest BCUT2D eigenvalue weighted by atomic mass is 14.9. The number of hydrogen-bond donors (Lipinski definition) is 2. The zero-order valence-corrected chi connectivity index (χ0v) is 9.10. The van der Waals surface area contributed by atoms with Crippen molar-refractivity contribution in [1.82, 2.24) is 10.6 Å². The van der Waals surface area contributed by atoms with E-state index in [1.807, 2.05) is 0 Å². The van der Waals surface area contributed by atoms with E-state index in [-0.39, 0.29) is 0 Å². The third kappa shape index (κ3) is 4.10. The maximum atomic E-state index is 3.43. The summed E-state index contributed by atoms with van der Waals surface area (Å²) in [6.07, 6.45) is 6.77. The lowest BCUT2D eigenvalue weighted by molar-refractivity contribution is 0.308. The minimum absolute atomic E-state index is 0.757. The normalized spacial score (nSPS) is 21.7. The van der Waals surface area contributed by atoms with Crippen LogP contribution < -0.4 is 10.6 Å². The van der Waals surface area contributed by atoms with Crippen LogP contribution in [0.25, 0.3) is 0 Å². The van der Waals surface area contributed by atoms with Crippen molar-refractivity contribution in [3.63, 3.8) is 0 Å². The molecular formula is C11H24N2. The van der Waals surface area contributed by atoms with Crippen LogP contribution in [0, 0.1) is 5.92 Å². The van der Waals surface area contributed by atoms with Crippen molar-refractivity contribution in [2.45, 2.75) is 45.1 Å². The standard InChI is InChI=1S/C11H24N2/c1-3-4-11(12-2)9-10-5-7-13-8-6-10/h10-13H,3-9H2,1-2H3. The molecule has 0 aromatic rings. The fourth-order valence-electron chi connectivity index (χ4n) is 2.25. The van der Waals surface area contributed by atoms with Crippen LogP contribution in [0.3, 0.4) is 0 Å². The maximum Gasteiger partial charge on any atom is 0.00666 e. The maximum absolute atomic E-state index is 3.43. The fraction of sp³-hybridized carbons (Fsp3) is 1.00. The first kappa shape index (κ1) is 11.0. The van der Waals surface area contributed by atoms with Gasteiger partial charge in [0, 0.05) is 6.04 Å². The lowest BCUT2D eigenvalue weighted by Gasteiger charge is -2.26. The molecule has 0 spiro atoms. The van der Waals surface area contributed by atoms with Crippen LogP contribution in [0.4, 0.5) is 0 Å². The molecule has 0 aromatic carbocycles. The van der Waals surface area contributed by atoms with Crippen molar-refractivity contribution < 1.29 is 0 Å². The van der Waals surface area contributed by atoms with Gasteiger partial charge in [-0.05, 0) is 51.7 Å². The topological polar surface area (TPSA) is 24.1 Å². The molecule has 2 heteroatoms. The smallest absolute Gasteiger partial charge is 0.00666 e. The molecule has 1 aliphatic heterocycles. The number of piperidine rings is 1. The Morgan fingerprint density at radius 2 is 2.08 bits per heavy atom. The van der Waals surface area contributed by atoms with Gasteiger partial charge in [-0.2, -0.15) is 0 Å². The van der Waals surface area contributed by atoms with Crippen LogP contribution in [0.5, 0.6) is 0 Å². The van der Waals surface area contributed by atoms with Gasteiger partial charge in [0.15, 0.2) is 0 Å². The molecule has 2 nitrogen and oxygen atoms in total. The van der Waals surface area contributed by atoms with E-state index in [0.717, 1.165) is 12.0 Å². The minimum atomic E-state index is 0.757. The Hall–Kier alpha value is -0.0800. The third-order valence-electron chi connectivity index (χ3n) is 3.12. The molecule has 0 aromatic heterocycles. The van der Waals surface area contributed by atoms with E-state index in [1.165, 1.54) is 45.2 Å². The van der Waals surface area contributed by atoms with Gasteiger partial charge in [-0.15, -0.1) is 0 Å². The van der Waals surface area contributed by atoms with Crippen LogP contribution in [-0.2, 0) is 0 Å². The van der Waals surface area contributed by atoms with Crippen molar-refractivity contribution >= 4 is 0 Å². The molecule has 0 aliphatic carbocycles. The zero-order valence-electron chi connectivity index (χ0n) is 9.10. The molecule has 0 radical (unpaired) electrons. The summed E-state index contributed by atoms with van der Waals surface area (Å²) < 4.78 is 0. The Balaban J connectivity index is 2.18. The number of nitrogens with one attached hydrogen (secondary N) is 2. The van der Waals surface area contributed by atoms with Gasteiger partial charge in [0.2, 0.25) is 0 Å². The Morgan fingerprint density at radius 1 is 1.38 bits per heavy atom. The number of rotatable bonds is 5. The van der Waals surface area contributed by atoms with E-state index in [4.69, 9.17) is 0 Å². The highest BCUT2D eigenvalue weighted by molar-refractivity contribution is 4.74. The molecule has 1 fully saturated rings. The lowest BCUT2D eigenvalue weighted by Crippen LogP contribution is -2.33. The molecule has 0 bridgehead atoms. The molecule has 1 unspecified atom stereocenters. The third-order valence-corrected chi connectivity index (χ3v) is 3.12. The molecular weight excluding hydrogens is 160 g/mol. The molecule has 78 valence electrons. The number of hydrogen-bond acceptors (Lipinski definition) is 2. The Morgan fingerprint density at radius 3 is 2.62 bits per heavy atom. The van der Waals surface area contributed by atoms with E-state index in [0.29, 0.717) is 0 Å². The predicted octanol–water partition coefficient (Wildman–Crippen LogP) is 1.76. The van der Waals surface area contributed by atoms with E-state index >= 15 is 0 Å². The summed E-state index contributed by atoms with van der Waals surface area (Å²) >= 11 is 0. The second-order valence-corrected chi connectivity index (χ2v) is 4.20. The molecule has 1 aliphatic rings. The summed E-state index contributed by atoms with van der Waals surface area (Å²) in [4.78, 5) is 0. The van der Waals surface area contributed by atoms with Crippen molar-refractivity contribution in [3.8, 4) is 0 Å².